The quantitative estimate of drug-likeness (QED) is 0.00827. The predicted molar refractivity (Wildman–Crippen MR) is 388 cm³/mol. The topological polar surface area (TPSA) is 229 Å². The summed E-state index contributed by atoms with van der Waals surface area (Å²) in [6.45, 7) is 15.4. The van der Waals surface area contributed by atoms with Crippen molar-refractivity contribution in [1.29, 1.82) is 0 Å². The third-order valence-electron chi connectivity index (χ3n) is 14.5. The standard InChI is InChI=1S/C23H28F2NO3PS.C21H23F2O3PS.C19H19F2O3PS.C4H11NO.CH5NS.N3.Na/c1-5-28-30(27,29-13-12-26(3)4)21(15-17-10-11-19(24)20(25)14-17)23-16(2)18-8-6-7-9-22(18)31-23;1-4-25-27(24,26-5-2)19(13-15-10-11-17(22)18(23)12-15)21-14(3)16-8-6-7-9-20(16)28-21;1-3-24-25(22,23)17(11-13-8-9-15(20)16(21)10-13)19-12(2)14-6-4-5-7-18(14)26-19;1-5(2)3-4-6;2*1-3-2;/h6-11,14,21H,5,12-13,15H2,1-4H3;6-12,19H,4-5,13H2,1-3H3;4-10,17H,3,11H2,1-2H3,(H,22,23);6H,3-4H2,1-2H3;2H2,1H3;;/q;;;;;-1;+1/i/hT. The molecule has 530 valence electrons. The first-order chi connectivity index (χ1) is 46.6. The van der Waals surface area contributed by atoms with Crippen LogP contribution < -0.4 is 34.7 Å². The monoisotopic (exact) mass is 1510 g/mol. The molecule has 3 aromatic heterocycles. The molecule has 9 rings (SSSR count). The number of aryl methyl sites for hydroxylation is 3. The van der Waals surface area contributed by atoms with Crippen LogP contribution in [0.1, 0.15) is 92.7 Å². The molecular formula is C68H86F6N6NaO10P3S4. The molecule has 0 aliphatic carbocycles. The third kappa shape index (κ3) is 25.6. The second-order valence-electron chi connectivity index (χ2n) is 21.9. The van der Waals surface area contributed by atoms with Crippen molar-refractivity contribution in [2.75, 3.05) is 87.2 Å². The summed E-state index contributed by atoms with van der Waals surface area (Å²) in [7, 11) is -3.48. The third-order valence-corrected chi connectivity index (χ3v) is 25.9. The van der Waals surface area contributed by atoms with E-state index in [1.165, 1.54) is 57.7 Å². The molecule has 0 spiro atoms. The van der Waals surface area contributed by atoms with Crippen LogP contribution in [0.3, 0.4) is 0 Å². The Morgan fingerprint density at radius 3 is 1.08 bits per heavy atom. The van der Waals surface area contributed by atoms with E-state index in [-0.39, 0.29) is 88.5 Å². The van der Waals surface area contributed by atoms with Gasteiger partial charge in [-0.15, -0.1) is 34.0 Å². The maximum Gasteiger partial charge on any atom is 1.00 e. The van der Waals surface area contributed by atoms with Gasteiger partial charge in [0.15, 0.2) is 34.9 Å². The van der Waals surface area contributed by atoms with Gasteiger partial charge in [0.1, 0.15) is 1.41 Å². The molecule has 0 radical (unpaired) electrons. The van der Waals surface area contributed by atoms with Crippen molar-refractivity contribution in [3.8, 4) is 0 Å². The summed E-state index contributed by atoms with van der Waals surface area (Å²) in [5, 5.41) is 13.5. The molecule has 16 nitrogen and oxygen atoms in total. The Bertz CT molecular complexity index is 4150. The zero-order chi connectivity index (χ0) is 72.9. The Hall–Kier alpha value is -4.27. The molecule has 0 saturated carbocycles. The minimum absolute atomic E-state index is 0. The average Bonchev–Trinajstić information content (AvgIpc) is 1.67. The minimum atomic E-state index is -4.00. The van der Waals surface area contributed by atoms with Gasteiger partial charge in [-0.3, -0.25) is 23.7 Å². The molecular weight excluding hydrogens is 1420 g/mol. The second-order valence-corrected chi connectivity index (χ2v) is 32.0. The number of fused-ring (bicyclic) bond motifs is 3. The molecule has 5 unspecified atom stereocenters. The number of aliphatic hydroxyl groups excluding tert-OH is 1. The number of likely N-dealkylation sites (N-methyl/N-ethyl adjacent to an activating group) is 2. The van der Waals surface area contributed by atoms with Gasteiger partial charge in [-0.2, -0.15) is 0 Å². The Balaban J connectivity index is 0.000000353. The molecule has 0 aliphatic rings. The number of thiophene rings is 3. The maximum atomic E-state index is 14.1. The molecule has 6 aromatic carbocycles. The van der Waals surface area contributed by atoms with Gasteiger partial charge in [-0.25, -0.2) is 26.3 Å². The zero-order valence-corrected chi connectivity index (χ0v) is 65.2. The van der Waals surface area contributed by atoms with Crippen molar-refractivity contribution in [3.05, 3.63) is 226 Å². The van der Waals surface area contributed by atoms with Crippen LogP contribution >= 0.6 is 68.7 Å². The average molecular weight is 1510 g/mol. The van der Waals surface area contributed by atoms with Gasteiger partial charge >= 0.3 is 52.3 Å². The normalized spacial score (nSPS) is 13.5. The van der Waals surface area contributed by atoms with Crippen LogP contribution in [0.15, 0.2) is 127 Å². The minimum Gasteiger partial charge on any atom is -0.395 e. The molecule has 98 heavy (non-hydrogen) atoms. The molecule has 9 aromatic rings. The number of aliphatic hydroxyl groups is 1. The van der Waals surface area contributed by atoms with Gasteiger partial charge in [0.05, 0.1) is 56.6 Å². The fourth-order valence-corrected chi connectivity index (χ4v) is 20.9. The second kappa shape index (κ2) is 43.6. The fourth-order valence-electron chi connectivity index (χ4n) is 10.1. The van der Waals surface area contributed by atoms with E-state index in [1.807, 2.05) is 132 Å². The van der Waals surface area contributed by atoms with Gasteiger partial charge in [0, 0.05) is 41.8 Å². The maximum absolute atomic E-state index is 14.1. The van der Waals surface area contributed by atoms with Crippen LogP contribution in [0, 0.1) is 55.7 Å². The summed E-state index contributed by atoms with van der Waals surface area (Å²) in [6, 6.07) is 34.7. The van der Waals surface area contributed by atoms with E-state index in [0.717, 1.165) is 105 Å². The van der Waals surface area contributed by atoms with Crippen LogP contribution in [0.2, 0.25) is 1.41 Å². The molecule has 0 fully saturated rings. The van der Waals surface area contributed by atoms with Crippen LogP contribution in [0.4, 0.5) is 26.3 Å². The van der Waals surface area contributed by atoms with Crippen molar-refractivity contribution in [1.82, 2.24) is 9.80 Å². The van der Waals surface area contributed by atoms with Crippen molar-refractivity contribution in [3.63, 3.8) is 0 Å². The number of benzene rings is 6. The van der Waals surface area contributed by atoms with Crippen molar-refractivity contribution < 1.29 is 104 Å². The Morgan fingerprint density at radius 1 is 0.520 bits per heavy atom. The van der Waals surface area contributed by atoms with E-state index in [2.05, 4.69) is 5.13 Å². The Labute approximate surface area is 611 Å². The van der Waals surface area contributed by atoms with Gasteiger partial charge in [-0.1, -0.05) is 84.7 Å². The molecule has 3 heterocycles. The number of nitrogens with zero attached hydrogens (tertiary/aromatic N) is 5. The Kier molecular flexibility index (Phi) is 38.3. The molecule has 4 N–H and O–H groups in total. The van der Waals surface area contributed by atoms with Crippen molar-refractivity contribution in [2.24, 2.45) is 5.13 Å². The first-order valence-corrected chi connectivity index (χ1v) is 39.2. The molecule has 0 bridgehead atoms. The number of halogens is 6. The molecule has 0 amide bonds. The zero-order valence-electron chi connectivity index (χ0n) is 58.3. The number of hydrogen-bond acceptors (Lipinski definition) is 16. The van der Waals surface area contributed by atoms with Crippen LogP contribution in [0.5, 0.6) is 0 Å². The smallest absolute Gasteiger partial charge is 0.395 e. The summed E-state index contributed by atoms with van der Waals surface area (Å²) >= 11 is 5.78. The first-order valence-electron chi connectivity index (χ1n) is 31.2. The van der Waals surface area contributed by atoms with Crippen LogP contribution in [-0.2, 0) is 55.6 Å². The number of nitrogens with two attached hydrogens (primary N) is 1. The summed E-state index contributed by atoms with van der Waals surface area (Å²) in [5.74, 6) is -5.58. The predicted octanol–water partition coefficient (Wildman–Crippen LogP) is 17.2. The molecule has 0 saturated heterocycles. The van der Waals surface area contributed by atoms with Crippen molar-refractivity contribution >= 4 is 99.0 Å². The summed E-state index contributed by atoms with van der Waals surface area (Å²) in [6.07, 6.45) is 2.32. The van der Waals surface area contributed by atoms with E-state index >= 15 is 0 Å². The SMILES string of the molecule is CCOP(=O)(O)C(Cc1ccc(F)c(F)c1)c1sc2ccccc2c1C.CCOP(=O)(OCC)C(Cc1ccc(F)c(F)c1)c1sc2ccccc2c1C.CCOP(=O)(OCCN(C)C)C(Cc1ccc(F)c(F)c1)c1sc2ccccc2c1C.CN(C)CCO.[3H]NSC.[N-]=[N+]=[N-].[Na+]. The summed E-state index contributed by atoms with van der Waals surface area (Å²) in [4.78, 5) is 18.4. The van der Waals surface area contributed by atoms with Crippen LogP contribution in [0.25, 0.3) is 46.2 Å². The molecule has 30 heteroatoms. The van der Waals surface area contributed by atoms with E-state index < -0.39 is 74.7 Å². The molecule has 0 aliphatic heterocycles. The summed E-state index contributed by atoms with van der Waals surface area (Å²) < 4.78 is 159. The van der Waals surface area contributed by atoms with Crippen molar-refractivity contribution in [2.45, 2.75) is 84.7 Å². The first kappa shape index (κ1) is 86.1. The largest absolute Gasteiger partial charge is 1.00 e. The number of rotatable bonds is 27. The fraction of sp³-hybridized carbons (Fsp3) is 0.382. The van der Waals surface area contributed by atoms with E-state index in [0.29, 0.717) is 23.2 Å². The van der Waals surface area contributed by atoms with E-state index in [9.17, 15) is 44.9 Å². The molecule has 5 atom stereocenters. The van der Waals surface area contributed by atoms with Gasteiger partial charge in [-0.05, 0) is 206 Å². The number of hydrogen-bond donors (Lipinski definition) is 3. The van der Waals surface area contributed by atoms with Gasteiger partial charge in [0.25, 0.3) is 0 Å². The van der Waals surface area contributed by atoms with E-state index in [4.69, 9.17) is 40.2 Å². The van der Waals surface area contributed by atoms with E-state index in [1.54, 1.807) is 45.3 Å². The van der Waals surface area contributed by atoms with Crippen LogP contribution in [-0.4, -0.2) is 107 Å². The summed E-state index contributed by atoms with van der Waals surface area (Å²) in [5.41, 5.74) is 15.9. The Morgan fingerprint density at radius 2 is 0.816 bits per heavy atom. The van der Waals surface area contributed by atoms with Gasteiger partial charge < -0.3 is 53.5 Å². The van der Waals surface area contributed by atoms with Gasteiger partial charge in [0.2, 0.25) is 0 Å².